The van der Waals surface area contributed by atoms with E-state index in [2.05, 4.69) is 22.0 Å². The van der Waals surface area contributed by atoms with Gasteiger partial charge in [-0.25, -0.2) is 13.6 Å². The first-order valence-electron chi connectivity index (χ1n) is 8.24. The van der Waals surface area contributed by atoms with Crippen LogP contribution in [0, 0.1) is 10.1 Å². The summed E-state index contributed by atoms with van der Waals surface area (Å²) in [4.78, 5) is 14.8. The molecule has 1 aliphatic heterocycles. The molecule has 1 aromatic carbocycles. The molecule has 0 saturated carbocycles. The molecule has 1 fully saturated rings. The molecule has 140 valence electrons. The van der Waals surface area contributed by atoms with Crippen molar-refractivity contribution in [2.45, 2.75) is 24.8 Å². The van der Waals surface area contributed by atoms with Gasteiger partial charge in [0.05, 0.1) is 4.92 Å². The fourth-order valence-corrected chi connectivity index (χ4v) is 3.71. The van der Waals surface area contributed by atoms with Crippen LogP contribution < -0.4 is 10.5 Å². The quantitative estimate of drug-likeness (QED) is 0.534. The maximum Gasteiger partial charge on any atom is 0.312 e. The average molecular weight is 371 g/mol. The molecule has 0 radical (unpaired) electrons. The lowest BCUT2D eigenvalue weighted by molar-refractivity contribution is -0.386. The number of para-hydroxylation sites is 1. The first-order chi connectivity index (χ1) is 11.7. The highest BCUT2D eigenvalue weighted by atomic mass is 32.2. The standard InChI is InChI=1S/C15H25N5O4S/c1-3-18-7-9-19(10-8-18)12(2)11-17-13-5-4-6-14(25(16,23)24)15(13)20(21)22/h4-6,12,17H,3,7-11H2,1-2H3,(H2,16,23,24). The number of hydrogen-bond acceptors (Lipinski definition) is 7. The molecular formula is C15H25N5O4S. The van der Waals surface area contributed by atoms with Crippen LogP contribution >= 0.6 is 0 Å². The van der Waals surface area contributed by atoms with Crippen LogP contribution in [0.1, 0.15) is 13.8 Å². The summed E-state index contributed by atoms with van der Waals surface area (Å²) in [5.74, 6) is 0. The van der Waals surface area contributed by atoms with Crippen molar-refractivity contribution in [2.24, 2.45) is 5.14 Å². The van der Waals surface area contributed by atoms with E-state index < -0.39 is 25.5 Å². The number of anilines is 1. The highest BCUT2D eigenvalue weighted by Gasteiger charge is 2.27. The maximum atomic E-state index is 11.6. The smallest absolute Gasteiger partial charge is 0.312 e. The fourth-order valence-electron chi connectivity index (χ4n) is 2.99. The maximum absolute atomic E-state index is 11.6. The lowest BCUT2D eigenvalue weighted by Crippen LogP contribution is -2.51. The predicted octanol–water partition coefficient (Wildman–Crippen LogP) is 0.680. The number of nitrogens with two attached hydrogens (primary N) is 1. The van der Waals surface area contributed by atoms with E-state index in [-0.39, 0.29) is 11.7 Å². The average Bonchev–Trinajstić information content (AvgIpc) is 2.58. The Labute approximate surface area is 148 Å². The molecule has 1 atom stereocenters. The number of nitrogens with one attached hydrogen (secondary N) is 1. The summed E-state index contributed by atoms with van der Waals surface area (Å²) >= 11 is 0. The third-order valence-electron chi connectivity index (χ3n) is 4.55. The van der Waals surface area contributed by atoms with Crippen molar-refractivity contribution in [3.05, 3.63) is 28.3 Å². The van der Waals surface area contributed by atoms with E-state index in [0.29, 0.717) is 6.54 Å². The van der Waals surface area contributed by atoms with Gasteiger partial charge in [0.1, 0.15) is 5.69 Å². The molecule has 25 heavy (non-hydrogen) atoms. The number of nitro benzene ring substituents is 1. The minimum Gasteiger partial charge on any atom is -0.378 e. The summed E-state index contributed by atoms with van der Waals surface area (Å²) in [6.07, 6.45) is 0. The van der Waals surface area contributed by atoms with Crippen molar-refractivity contribution in [3.8, 4) is 0 Å². The highest BCUT2D eigenvalue weighted by molar-refractivity contribution is 7.89. The molecule has 0 aliphatic carbocycles. The Hall–Kier alpha value is -1.75. The predicted molar refractivity (Wildman–Crippen MR) is 96.1 cm³/mol. The first-order valence-corrected chi connectivity index (χ1v) is 9.79. The summed E-state index contributed by atoms with van der Waals surface area (Å²) in [7, 11) is -4.17. The number of piperazine rings is 1. The largest absolute Gasteiger partial charge is 0.378 e. The SMILES string of the molecule is CCN1CCN(C(C)CNc2cccc(S(N)(=O)=O)c2[N+](=O)[O-])CC1. The van der Waals surface area contributed by atoms with E-state index in [9.17, 15) is 18.5 Å². The fraction of sp³-hybridized carbons (Fsp3) is 0.600. The molecule has 0 spiro atoms. The van der Waals surface area contributed by atoms with Gasteiger partial charge in [0.25, 0.3) is 0 Å². The molecular weight excluding hydrogens is 346 g/mol. The normalized spacial score (nSPS) is 18.0. The van der Waals surface area contributed by atoms with Gasteiger partial charge in [-0.3, -0.25) is 15.0 Å². The van der Waals surface area contributed by atoms with Gasteiger partial charge in [0.15, 0.2) is 4.90 Å². The van der Waals surface area contributed by atoms with E-state index in [1.807, 2.05) is 6.92 Å². The van der Waals surface area contributed by atoms with Gasteiger partial charge in [-0.1, -0.05) is 13.0 Å². The topological polar surface area (TPSA) is 122 Å². The summed E-state index contributed by atoms with van der Waals surface area (Å²) in [5.41, 5.74) is -0.344. The van der Waals surface area contributed by atoms with Gasteiger partial charge >= 0.3 is 5.69 Å². The number of nitro groups is 1. The molecule has 10 heteroatoms. The Morgan fingerprint density at radius 2 is 1.96 bits per heavy atom. The van der Waals surface area contributed by atoms with Crippen LogP contribution in [0.3, 0.4) is 0 Å². The third kappa shape index (κ3) is 4.88. The van der Waals surface area contributed by atoms with Crippen molar-refractivity contribution in [2.75, 3.05) is 44.6 Å². The van der Waals surface area contributed by atoms with Crippen LogP contribution in [-0.4, -0.2) is 68.5 Å². The van der Waals surface area contributed by atoms with Gasteiger partial charge in [0.2, 0.25) is 10.0 Å². The molecule has 1 aliphatic rings. The Balaban J connectivity index is 2.09. The Kier molecular flexibility index (Phi) is 6.33. The monoisotopic (exact) mass is 371 g/mol. The number of benzene rings is 1. The number of primary sulfonamides is 1. The number of nitrogens with zero attached hydrogens (tertiary/aromatic N) is 3. The van der Waals surface area contributed by atoms with Crippen LogP contribution in [-0.2, 0) is 10.0 Å². The van der Waals surface area contributed by atoms with Crippen LogP contribution in [0.15, 0.2) is 23.1 Å². The molecule has 9 nitrogen and oxygen atoms in total. The van der Waals surface area contributed by atoms with E-state index in [1.165, 1.54) is 12.1 Å². The number of likely N-dealkylation sites (N-methyl/N-ethyl adjacent to an activating group) is 1. The van der Waals surface area contributed by atoms with Crippen molar-refractivity contribution >= 4 is 21.4 Å². The number of hydrogen-bond donors (Lipinski definition) is 2. The van der Waals surface area contributed by atoms with Crippen LogP contribution in [0.5, 0.6) is 0 Å². The minimum absolute atomic E-state index is 0.163. The van der Waals surface area contributed by atoms with Crippen molar-refractivity contribution in [1.82, 2.24) is 9.80 Å². The number of rotatable bonds is 7. The zero-order chi connectivity index (χ0) is 18.6. The van der Waals surface area contributed by atoms with Crippen LogP contribution in [0.2, 0.25) is 0 Å². The summed E-state index contributed by atoms with van der Waals surface area (Å²) < 4.78 is 23.2. The van der Waals surface area contributed by atoms with Crippen molar-refractivity contribution in [1.29, 1.82) is 0 Å². The number of sulfonamides is 1. The second-order valence-electron chi connectivity index (χ2n) is 6.15. The summed E-state index contributed by atoms with van der Waals surface area (Å²) in [6.45, 7) is 9.58. The van der Waals surface area contributed by atoms with Crippen molar-refractivity contribution in [3.63, 3.8) is 0 Å². The van der Waals surface area contributed by atoms with E-state index in [0.717, 1.165) is 38.8 Å². The zero-order valence-corrected chi connectivity index (χ0v) is 15.3. The Morgan fingerprint density at radius 3 is 2.48 bits per heavy atom. The molecule has 1 aromatic rings. The minimum atomic E-state index is -4.17. The molecule has 3 N–H and O–H groups in total. The highest BCUT2D eigenvalue weighted by Crippen LogP contribution is 2.31. The molecule has 1 heterocycles. The van der Waals surface area contributed by atoms with E-state index in [1.54, 1.807) is 0 Å². The second kappa shape index (κ2) is 8.09. The van der Waals surface area contributed by atoms with Gasteiger partial charge in [-0.2, -0.15) is 0 Å². The van der Waals surface area contributed by atoms with Crippen LogP contribution in [0.4, 0.5) is 11.4 Å². The van der Waals surface area contributed by atoms with Crippen LogP contribution in [0.25, 0.3) is 0 Å². The lowest BCUT2D eigenvalue weighted by Gasteiger charge is -2.37. The molecule has 2 rings (SSSR count). The van der Waals surface area contributed by atoms with Gasteiger partial charge in [-0.05, 0) is 25.6 Å². The molecule has 0 aromatic heterocycles. The Morgan fingerprint density at radius 1 is 1.32 bits per heavy atom. The lowest BCUT2D eigenvalue weighted by atomic mass is 10.2. The third-order valence-corrected chi connectivity index (χ3v) is 5.50. The van der Waals surface area contributed by atoms with Gasteiger partial charge in [0, 0.05) is 38.8 Å². The molecule has 1 unspecified atom stereocenters. The zero-order valence-electron chi connectivity index (χ0n) is 14.5. The van der Waals surface area contributed by atoms with Gasteiger partial charge in [-0.15, -0.1) is 0 Å². The van der Waals surface area contributed by atoms with E-state index in [4.69, 9.17) is 5.14 Å². The molecule has 0 amide bonds. The molecule has 0 bridgehead atoms. The Bertz CT molecular complexity index is 717. The van der Waals surface area contributed by atoms with Crippen molar-refractivity contribution < 1.29 is 13.3 Å². The summed E-state index contributed by atoms with van der Waals surface area (Å²) in [6, 6.07) is 4.25. The summed E-state index contributed by atoms with van der Waals surface area (Å²) in [5, 5.41) is 19.4. The second-order valence-corrected chi connectivity index (χ2v) is 7.68. The van der Waals surface area contributed by atoms with E-state index >= 15 is 0 Å². The molecule has 1 saturated heterocycles. The first kappa shape index (κ1) is 19.6. The van der Waals surface area contributed by atoms with Gasteiger partial charge < -0.3 is 10.2 Å².